The minimum Gasteiger partial charge on any atom is -0.298 e. The van der Waals surface area contributed by atoms with Gasteiger partial charge in [0.15, 0.2) is 0 Å². The molecule has 1 aliphatic rings. The highest BCUT2D eigenvalue weighted by molar-refractivity contribution is 5.74. The molecule has 0 radical (unpaired) electrons. The van der Waals surface area contributed by atoms with Gasteiger partial charge < -0.3 is 0 Å². The zero-order valence-electron chi connectivity index (χ0n) is 10.7. The lowest BCUT2D eigenvalue weighted by Gasteiger charge is -2.28. The molecular formula is C16H22O. The Balaban J connectivity index is 1.93. The van der Waals surface area contributed by atoms with Crippen molar-refractivity contribution in [2.24, 2.45) is 5.92 Å². The van der Waals surface area contributed by atoms with Crippen molar-refractivity contribution in [3.8, 4) is 0 Å². The minimum atomic E-state index is 0.726. The molecule has 92 valence electrons. The van der Waals surface area contributed by atoms with E-state index in [0.29, 0.717) is 0 Å². The van der Waals surface area contributed by atoms with Gasteiger partial charge in [0.05, 0.1) is 0 Å². The number of benzene rings is 1. The van der Waals surface area contributed by atoms with Crippen LogP contribution >= 0.6 is 0 Å². The Morgan fingerprint density at radius 3 is 2.29 bits per heavy atom. The molecule has 0 aliphatic heterocycles. The van der Waals surface area contributed by atoms with Crippen LogP contribution in [0.15, 0.2) is 24.3 Å². The van der Waals surface area contributed by atoms with Crippen LogP contribution in [-0.4, -0.2) is 6.29 Å². The summed E-state index contributed by atoms with van der Waals surface area (Å²) in [6, 6.07) is 8.16. The fourth-order valence-electron chi connectivity index (χ4n) is 3.04. The molecule has 1 heteroatoms. The maximum Gasteiger partial charge on any atom is 0.150 e. The van der Waals surface area contributed by atoms with Crippen LogP contribution in [0.2, 0.25) is 0 Å². The lowest BCUT2D eigenvalue weighted by Crippen LogP contribution is -2.13. The van der Waals surface area contributed by atoms with Crippen LogP contribution in [0, 0.1) is 5.92 Å². The van der Waals surface area contributed by atoms with Crippen molar-refractivity contribution in [3.05, 3.63) is 35.4 Å². The molecule has 0 saturated heterocycles. The molecule has 0 unspecified atom stereocenters. The van der Waals surface area contributed by atoms with Crippen LogP contribution < -0.4 is 0 Å². The van der Waals surface area contributed by atoms with Crippen LogP contribution in [0.1, 0.15) is 67.3 Å². The minimum absolute atomic E-state index is 0.726. The van der Waals surface area contributed by atoms with Gasteiger partial charge in [0, 0.05) is 5.56 Å². The third-order valence-electron chi connectivity index (χ3n) is 4.09. The molecule has 0 heterocycles. The number of rotatable bonds is 4. The molecule has 0 spiro atoms. The third-order valence-corrected chi connectivity index (χ3v) is 4.09. The van der Waals surface area contributed by atoms with Crippen LogP contribution in [0.3, 0.4) is 0 Å². The highest BCUT2D eigenvalue weighted by Crippen LogP contribution is 2.37. The average molecular weight is 230 g/mol. The van der Waals surface area contributed by atoms with E-state index in [0.717, 1.165) is 23.7 Å². The van der Waals surface area contributed by atoms with Gasteiger partial charge >= 0.3 is 0 Å². The number of hydrogen-bond donors (Lipinski definition) is 0. The second kappa shape index (κ2) is 6.00. The molecule has 0 amide bonds. The monoisotopic (exact) mass is 230 g/mol. The normalized spacial score (nSPS) is 24.5. The summed E-state index contributed by atoms with van der Waals surface area (Å²) in [4.78, 5) is 10.6. The first-order valence-electron chi connectivity index (χ1n) is 6.88. The number of carbonyl (C=O) groups excluding carboxylic acids is 1. The molecule has 1 aromatic carbocycles. The highest BCUT2D eigenvalue weighted by atomic mass is 16.1. The van der Waals surface area contributed by atoms with E-state index in [1.54, 1.807) is 0 Å². The highest BCUT2D eigenvalue weighted by Gasteiger charge is 2.21. The molecule has 0 aromatic heterocycles. The summed E-state index contributed by atoms with van der Waals surface area (Å²) in [5.41, 5.74) is 2.21. The van der Waals surface area contributed by atoms with Crippen LogP contribution in [-0.2, 0) is 0 Å². The number of carbonyl (C=O) groups is 1. The first-order valence-corrected chi connectivity index (χ1v) is 6.88. The van der Waals surface area contributed by atoms with E-state index in [1.165, 1.54) is 44.1 Å². The Morgan fingerprint density at radius 2 is 1.76 bits per heavy atom. The van der Waals surface area contributed by atoms with E-state index in [1.807, 2.05) is 12.1 Å². The summed E-state index contributed by atoms with van der Waals surface area (Å²) in [5, 5.41) is 0. The van der Waals surface area contributed by atoms with Crippen molar-refractivity contribution < 1.29 is 4.79 Å². The number of aldehydes is 1. The molecule has 1 aliphatic carbocycles. The van der Waals surface area contributed by atoms with Gasteiger partial charge in [-0.1, -0.05) is 44.0 Å². The molecule has 2 rings (SSSR count). The van der Waals surface area contributed by atoms with Crippen LogP contribution in [0.4, 0.5) is 0 Å². The van der Waals surface area contributed by atoms with Crippen LogP contribution in [0.25, 0.3) is 0 Å². The Labute approximate surface area is 104 Å². The second-order valence-corrected chi connectivity index (χ2v) is 5.29. The lowest BCUT2D eigenvalue weighted by atomic mass is 9.77. The van der Waals surface area contributed by atoms with Gasteiger partial charge in [0.2, 0.25) is 0 Å². The Hall–Kier alpha value is -1.11. The Kier molecular flexibility index (Phi) is 4.36. The predicted molar refractivity (Wildman–Crippen MR) is 71.4 cm³/mol. The molecule has 0 atom stereocenters. The lowest BCUT2D eigenvalue weighted by molar-refractivity contribution is 0.112. The second-order valence-electron chi connectivity index (χ2n) is 5.29. The van der Waals surface area contributed by atoms with Crippen molar-refractivity contribution in [1.82, 2.24) is 0 Å². The van der Waals surface area contributed by atoms with E-state index in [4.69, 9.17) is 0 Å². The van der Waals surface area contributed by atoms with Gasteiger partial charge in [-0.15, -0.1) is 0 Å². The van der Waals surface area contributed by atoms with E-state index >= 15 is 0 Å². The van der Waals surface area contributed by atoms with E-state index in [2.05, 4.69) is 19.1 Å². The Morgan fingerprint density at radius 1 is 1.12 bits per heavy atom. The summed E-state index contributed by atoms with van der Waals surface area (Å²) in [7, 11) is 0. The molecule has 1 aromatic rings. The van der Waals surface area contributed by atoms with Gasteiger partial charge in [0.1, 0.15) is 6.29 Å². The van der Waals surface area contributed by atoms with Crippen molar-refractivity contribution in [1.29, 1.82) is 0 Å². The van der Waals surface area contributed by atoms with Gasteiger partial charge in [-0.3, -0.25) is 4.79 Å². The molecule has 1 nitrogen and oxygen atoms in total. The zero-order valence-corrected chi connectivity index (χ0v) is 10.7. The molecule has 1 fully saturated rings. The summed E-state index contributed by atoms with van der Waals surface area (Å²) < 4.78 is 0. The molecule has 0 N–H and O–H groups in total. The van der Waals surface area contributed by atoms with Gasteiger partial charge in [-0.2, -0.15) is 0 Å². The maximum atomic E-state index is 10.6. The van der Waals surface area contributed by atoms with Crippen LogP contribution in [0.5, 0.6) is 0 Å². The van der Waals surface area contributed by atoms with Crippen molar-refractivity contribution in [2.45, 2.75) is 51.4 Å². The van der Waals surface area contributed by atoms with E-state index < -0.39 is 0 Å². The van der Waals surface area contributed by atoms with Crippen molar-refractivity contribution in [3.63, 3.8) is 0 Å². The van der Waals surface area contributed by atoms with E-state index in [9.17, 15) is 4.79 Å². The van der Waals surface area contributed by atoms with Crippen molar-refractivity contribution >= 4 is 6.29 Å². The van der Waals surface area contributed by atoms with Gasteiger partial charge in [0.25, 0.3) is 0 Å². The third kappa shape index (κ3) is 3.18. The molecule has 17 heavy (non-hydrogen) atoms. The van der Waals surface area contributed by atoms with Gasteiger partial charge in [-0.05, 0) is 43.1 Å². The van der Waals surface area contributed by atoms with E-state index in [-0.39, 0.29) is 0 Å². The summed E-state index contributed by atoms with van der Waals surface area (Å²) in [5.74, 6) is 1.69. The predicted octanol–water partition coefficient (Wildman–Crippen LogP) is 4.57. The smallest absolute Gasteiger partial charge is 0.150 e. The Bertz CT molecular complexity index is 344. The largest absolute Gasteiger partial charge is 0.298 e. The molecular weight excluding hydrogens is 208 g/mol. The molecule has 0 bridgehead atoms. The fraction of sp³-hybridized carbons (Fsp3) is 0.562. The van der Waals surface area contributed by atoms with Crippen molar-refractivity contribution in [2.75, 3.05) is 0 Å². The zero-order chi connectivity index (χ0) is 12.1. The fourth-order valence-corrected chi connectivity index (χ4v) is 3.04. The summed E-state index contributed by atoms with van der Waals surface area (Å²) in [6.45, 7) is 2.28. The summed E-state index contributed by atoms with van der Waals surface area (Å²) >= 11 is 0. The topological polar surface area (TPSA) is 17.1 Å². The summed E-state index contributed by atoms with van der Waals surface area (Å²) in [6.07, 6.45) is 9.06. The number of hydrogen-bond acceptors (Lipinski definition) is 1. The quantitative estimate of drug-likeness (QED) is 0.692. The average Bonchev–Trinajstić information content (AvgIpc) is 2.40. The van der Waals surface area contributed by atoms with Gasteiger partial charge in [-0.25, -0.2) is 0 Å². The maximum absolute atomic E-state index is 10.6. The first-order chi connectivity index (χ1) is 8.33. The first kappa shape index (κ1) is 12.3. The standard InChI is InChI=1S/C16H22O/c1-2-3-13-4-8-15(9-5-13)16-10-6-14(12-17)7-11-16/h6-7,10-13,15H,2-5,8-9H2,1H3/t13-,15-. The molecule has 1 saturated carbocycles. The SMILES string of the molecule is CCC[C@H]1CC[C@H](c2ccc(C=O)cc2)CC1.